The van der Waals surface area contributed by atoms with Crippen molar-refractivity contribution in [3.63, 3.8) is 0 Å². The Hall–Kier alpha value is -2.01. The van der Waals surface area contributed by atoms with Crippen LogP contribution < -0.4 is 11.5 Å². The number of rotatable bonds is 14. The number of benzene rings is 2. The van der Waals surface area contributed by atoms with Gasteiger partial charge in [0, 0.05) is 11.4 Å². The molecule has 4 nitrogen and oxygen atoms in total. The Balaban J connectivity index is 2.36. The highest BCUT2D eigenvalue weighted by Gasteiger charge is 2.35. The number of hydrogen-bond acceptors (Lipinski definition) is 4. The van der Waals surface area contributed by atoms with E-state index in [2.05, 4.69) is 27.7 Å². The molecule has 4 N–H and O–H groups in total. The molecule has 0 radical (unpaired) electrons. The van der Waals surface area contributed by atoms with Gasteiger partial charge >= 0.3 is 0 Å². The van der Waals surface area contributed by atoms with Gasteiger partial charge in [0.15, 0.2) is 9.84 Å². The van der Waals surface area contributed by atoms with Gasteiger partial charge in [0.2, 0.25) is 0 Å². The highest BCUT2D eigenvalue weighted by atomic mass is 32.2. The molecule has 0 aromatic heterocycles. The minimum Gasteiger partial charge on any atom is -0.399 e. The molecule has 0 spiro atoms. The second-order valence-corrected chi connectivity index (χ2v) is 12.6. The Morgan fingerprint density at radius 1 is 0.576 bits per heavy atom. The number of nitrogen functional groups attached to an aromatic ring is 2. The molecule has 2 aromatic carbocycles. The summed E-state index contributed by atoms with van der Waals surface area (Å²) in [5.74, 6) is 1.25. The number of sulfone groups is 1. The van der Waals surface area contributed by atoms with Gasteiger partial charge in [-0.05, 0) is 60.1 Å². The molecule has 0 aliphatic rings. The highest BCUT2D eigenvalue weighted by Crippen LogP contribution is 2.40. The Morgan fingerprint density at radius 3 is 1.18 bits per heavy atom. The fourth-order valence-electron chi connectivity index (χ4n) is 4.43. The van der Waals surface area contributed by atoms with E-state index in [9.17, 15) is 8.42 Å². The van der Waals surface area contributed by atoms with Crippen molar-refractivity contribution >= 4 is 21.2 Å². The quantitative estimate of drug-likeness (QED) is 0.220. The molecule has 2 aromatic rings. The van der Waals surface area contributed by atoms with Crippen LogP contribution in [0.5, 0.6) is 0 Å². The van der Waals surface area contributed by atoms with Crippen LogP contribution in [0.4, 0.5) is 11.4 Å². The second-order valence-electron chi connectivity index (χ2n) is 10.3. The standard InChI is InChI=1S/C28H44N2O2S/c1-21(2)9-5-7-11-27(23-13-17-25(29)18-14-23)33(31,32)28(12-8-6-10-22(3)4)24-15-19-26(30)20-16-24/h13-22,27-28H,5-12,29-30H2,1-4H3. The van der Waals surface area contributed by atoms with E-state index < -0.39 is 20.3 Å². The van der Waals surface area contributed by atoms with E-state index in [0.29, 0.717) is 36.1 Å². The number of unbranched alkanes of at least 4 members (excludes halogenated alkanes) is 2. The molecule has 5 heteroatoms. The lowest BCUT2D eigenvalue weighted by atomic mass is 10.0. The summed E-state index contributed by atoms with van der Waals surface area (Å²) in [6.07, 6.45) is 7.38. The molecule has 0 aliphatic heterocycles. The first-order valence-electron chi connectivity index (χ1n) is 12.5. The molecule has 0 saturated carbocycles. The van der Waals surface area contributed by atoms with Gasteiger partial charge in [-0.15, -0.1) is 0 Å². The Kier molecular flexibility index (Phi) is 10.7. The van der Waals surface area contributed by atoms with Gasteiger partial charge in [0.25, 0.3) is 0 Å². The summed E-state index contributed by atoms with van der Waals surface area (Å²) in [5, 5.41) is -1.06. The summed E-state index contributed by atoms with van der Waals surface area (Å²) in [5.41, 5.74) is 14.8. The first-order valence-corrected chi connectivity index (χ1v) is 14.2. The van der Waals surface area contributed by atoms with Crippen LogP contribution in [-0.2, 0) is 9.84 Å². The lowest BCUT2D eigenvalue weighted by molar-refractivity contribution is 0.501. The third kappa shape index (κ3) is 8.69. The third-order valence-corrected chi connectivity index (χ3v) is 9.01. The zero-order valence-electron chi connectivity index (χ0n) is 21.0. The zero-order chi connectivity index (χ0) is 24.4. The van der Waals surface area contributed by atoms with E-state index in [0.717, 1.165) is 49.7 Å². The summed E-state index contributed by atoms with van der Waals surface area (Å²) in [6, 6.07) is 14.8. The van der Waals surface area contributed by atoms with Crippen LogP contribution in [0.15, 0.2) is 48.5 Å². The fraction of sp³-hybridized carbons (Fsp3) is 0.571. The van der Waals surface area contributed by atoms with E-state index in [4.69, 9.17) is 11.5 Å². The summed E-state index contributed by atoms with van der Waals surface area (Å²) < 4.78 is 28.4. The van der Waals surface area contributed by atoms with Crippen LogP contribution in [0.3, 0.4) is 0 Å². The Labute approximate surface area is 202 Å². The molecular formula is C28H44N2O2S. The molecule has 2 rings (SSSR count). The Morgan fingerprint density at radius 2 is 0.879 bits per heavy atom. The molecule has 2 unspecified atom stereocenters. The van der Waals surface area contributed by atoms with Gasteiger partial charge in [-0.1, -0.05) is 90.5 Å². The van der Waals surface area contributed by atoms with E-state index in [1.54, 1.807) is 0 Å². The summed E-state index contributed by atoms with van der Waals surface area (Å²) in [6.45, 7) is 8.84. The maximum absolute atomic E-state index is 14.2. The van der Waals surface area contributed by atoms with Crippen molar-refractivity contribution in [1.82, 2.24) is 0 Å². The number of anilines is 2. The summed E-state index contributed by atoms with van der Waals surface area (Å²) >= 11 is 0. The first-order chi connectivity index (χ1) is 15.6. The molecule has 0 saturated heterocycles. The van der Waals surface area contributed by atoms with Crippen molar-refractivity contribution in [3.05, 3.63) is 59.7 Å². The van der Waals surface area contributed by atoms with Crippen LogP contribution in [0.1, 0.15) is 101 Å². The average Bonchev–Trinajstić information content (AvgIpc) is 2.75. The molecule has 0 bridgehead atoms. The van der Waals surface area contributed by atoms with Crippen molar-refractivity contribution in [3.8, 4) is 0 Å². The van der Waals surface area contributed by atoms with E-state index in [1.165, 1.54) is 0 Å². The van der Waals surface area contributed by atoms with Gasteiger partial charge in [0.05, 0.1) is 10.5 Å². The SMILES string of the molecule is CC(C)CCCCC(c1ccc(N)cc1)S(=O)(=O)C(CCCCC(C)C)c1ccc(N)cc1. The monoisotopic (exact) mass is 472 g/mol. The minimum absolute atomic E-state index is 0.530. The average molecular weight is 473 g/mol. The molecule has 0 aliphatic carbocycles. The van der Waals surface area contributed by atoms with Crippen LogP contribution in [0, 0.1) is 11.8 Å². The maximum Gasteiger partial charge on any atom is 0.164 e. The predicted octanol–water partition coefficient (Wildman–Crippen LogP) is 7.48. The van der Waals surface area contributed by atoms with Crippen molar-refractivity contribution in [2.24, 2.45) is 11.8 Å². The molecule has 33 heavy (non-hydrogen) atoms. The maximum atomic E-state index is 14.2. The summed E-state index contributed by atoms with van der Waals surface area (Å²) in [7, 11) is -3.48. The van der Waals surface area contributed by atoms with Gasteiger partial charge in [0.1, 0.15) is 0 Å². The minimum atomic E-state index is -3.48. The van der Waals surface area contributed by atoms with Gasteiger partial charge < -0.3 is 11.5 Å². The van der Waals surface area contributed by atoms with Gasteiger partial charge in [-0.3, -0.25) is 0 Å². The van der Waals surface area contributed by atoms with Crippen molar-refractivity contribution in [2.45, 2.75) is 89.6 Å². The van der Waals surface area contributed by atoms with Crippen molar-refractivity contribution in [2.75, 3.05) is 11.5 Å². The molecular weight excluding hydrogens is 428 g/mol. The highest BCUT2D eigenvalue weighted by molar-refractivity contribution is 7.91. The topological polar surface area (TPSA) is 86.2 Å². The van der Waals surface area contributed by atoms with Gasteiger partial charge in [-0.25, -0.2) is 8.42 Å². The van der Waals surface area contributed by atoms with E-state index in [1.807, 2.05) is 48.5 Å². The second kappa shape index (κ2) is 13.0. The van der Waals surface area contributed by atoms with Crippen LogP contribution in [0.2, 0.25) is 0 Å². The van der Waals surface area contributed by atoms with Crippen LogP contribution in [0.25, 0.3) is 0 Å². The number of hydrogen-bond donors (Lipinski definition) is 2. The van der Waals surface area contributed by atoms with Crippen LogP contribution >= 0.6 is 0 Å². The Bertz CT molecular complexity index is 848. The molecule has 0 fully saturated rings. The van der Waals surface area contributed by atoms with Crippen molar-refractivity contribution < 1.29 is 8.42 Å². The largest absolute Gasteiger partial charge is 0.399 e. The number of nitrogens with two attached hydrogens (primary N) is 2. The van der Waals surface area contributed by atoms with E-state index in [-0.39, 0.29) is 0 Å². The molecule has 184 valence electrons. The van der Waals surface area contributed by atoms with Crippen molar-refractivity contribution in [1.29, 1.82) is 0 Å². The zero-order valence-corrected chi connectivity index (χ0v) is 21.8. The van der Waals surface area contributed by atoms with Crippen LogP contribution in [-0.4, -0.2) is 8.42 Å². The fourth-order valence-corrected chi connectivity index (χ4v) is 6.89. The molecule has 0 heterocycles. The lowest BCUT2D eigenvalue weighted by Gasteiger charge is -2.26. The first kappa shape index (κ1) is 27.2. The molecule has 2 atom stereocenters. The van der Waals surface area contributed by atoms with Gasteiger partial charge in [-0.2, -0.15) is 0 Å². The molecule has 0 amide bonds. The third-order valence-electron chi connectivity index (χ3n) is 6.41. The normalized spacial score (nSPS) is 14.0. The smallest absolute Gasteiger partial charge is 0.164 e. The predicted molar refractivity (Wildman–Crippen MR) is 143 cm³/mol. The lowest BCUT2D eigenvalue weighted by Crippen LogP contribution is -2.22. The van der Waals surface area contributed by atoms with E-state index >= 15 is 0 Å². The summed E-state index contributed by atoms with van der Waals surface area (Å²) in [4.78, 5) is 0.